The number of nitrogens with zero attached hydrogens (tertiary/aromatic N) is 2. The number of rotatable bonds is 1. The molecule has 0 amide bonds. The van der Waals surface area contributed by atoms with Crippen molar-refractivity contribution in [2.24, 2.45) is 5.10 Å². The second kappa shape index (κ2) is 3.17. The van der Waals surface area contributed by atoms with Gasteiger partial charge in [0.25, 0.3) is 0 Å². The smallest absolute Gasteiger partial charge is 0.123 e. The first kappa shape index (κ1) is 8.23. The van der Waals surface area contributed by atoms with E-state index in [1.165, 1.54) is 12.1 Å². The zero-order valence-electron chi connectivity index (χ0n) is 7.50. The molecule has 0 aliphatic carbocycles. The van der Waals surface area contributed by atoms with Crippen LogP contribution in [0.5, 0.6) is 0 Å². The van der Waals surface area contributed by atoms with Crippen LogP contribution in [0.1, 0.15) is 13.3 Å². The molecule has 0 bridgehead atoms. The molecule has 1 aliphatic heterocycles. The third-order valence-electron chi connectivity index (χ3n) is 2.10. The van der Waals surface area contributed by atoms with Gasteiger partial charge in [-0.3, -0.25) is 5.01 Å². The van der Waals surface area contributed by atoms with Gasteiger partial charge in [-0.2, -0.15) is 5.10 Å². The van der Waals surface area contributed by atoms with Crippen molar-refractivity contribution in [3.05, 3.63) is 30.1 Å². The second-order valence-electron chi connectivity index (χ2n) is 3.18. The molecule has 1 heterocycles. The van der Waals surface area contributed by atoms with E-state index < -0.39 is 0 Å². The molecule has 0 aromatic heterocycles. The van der Waals surface area contributed by atoms with E-state index in [4.69, 9.17) is 0 Å². The van der Waals surface area contributed by atoms with Crippen molar-refractivity contribution in [3.63, 3.8) is 0 Å². The molecule has 68 valence electrons. The highest BCUT2D eigenvalue weighted by atomic mass is 19.1. The van der Waals surface area contributed by atoms with Gasteiger partial charge in [0.1, 0.15) is 5.82 Å². The van der Waals surface area contributed by atoms with Gasteiger partial charge in [-0.05, 0) is 31.2 Å². The topological polar surface area (TPSA) is 15.6 Å². The normalized spacial score (nSPS) is 16.2. The Kier molecular flexibility index (Phi) is 2.00. The third kappa shape index (κ3) is 1.69. The van der Waals surface area contributed by atoms with Gasteiger partial charge >= 0.3 is 0 Å². The Morgan fingerprint density at radius 3 is 2.54 bits per heavy atom. The number of benzene rings is 1. The fourth-order valence-corrected chi connectivity index (χ4v) is 1.37. The van der Waals surface area contributed by atoms with E-state index in [-0.39, 0.29) is 5.82 Å². The summed E-state index contributed by atoms with van der Waals surface area (Å²) in [5.74, 6) is -0.205. The number of anilines is 1. The van der Waals surface area contributed by atoms with Gasteiger partial charge in [-0.25, -0.2) is 4.39 Å². The molecular formula is C10H11FN2. The van der Waals surface area contributed by atoms with Gasteiger partial charge in [0.2, 0.25) is 0 Å². The maximum Gasteiger partial charge on any atom is 0.123 e. The highest BCUT2D eigenvalue weighted by Gasteiger charge is 2.11. The molecule has 1 aliphatic rings. The Balaban J connectivity index is 2.22. The van der Waals surface area contributed by atoms with Crippen LogP contribution in [-0.2, 0) is 0 Å². The van der Waals surface area contributed by atoms with Crippen molar-refractivity contribution in [1.82, 2.24) is 0 Å². The van der Waals surface area contributed by atoms with Crippen molar-refractivity contribution in [2.75, 3.05) is 11.6 Å². The quantitative estimate of drug-likeness (QED) is 0.644. The van der Waals surface area contributed by atoms with Crippen LogP contribution < -0.4 is 5.01 Å². The minimum atomic E-state index is -0.205. The average Bonchev–Trinajstić information content (AvgIpc) is 2.53. The lowest BCUT2D eigenvalue weighted by Gasteiger charge is -2.12. The zero-order valence-corrected chi connectivity index (χ0v) is 7.50. The van der Waals surface area contributed by atoms with E-state index in [1.807, 2.05) is 11.9 Å². The van der Waals surface area contributed by atoms with Crippen LogP contribution in [0.25, 0.3) is 0 Å². The Bertz CT molecular complexity index is 329. The standard InChI is InChI=1S/C10H11FN2/c1-8-6-7-13(12-8)10-4-2-9(11)3-5-10/h2-5H,6-7H2,1H3. The van der Waals surface area contributed by atoms with E-state index in [0.29, 0.717) is 0 Å². The fraction of sp³-hybridized carbons (Fsp3) is 0.300. The summed E-state index contributed by atoms with van der Waals surface area (Å²) in [4.78, 5) is 0. The highest BCUT2D eigenvalue weighted by Crippen LogP contribution is 2.19. The van der Waals surface area contributed by atoms with Crippen molar-refractivity contribution in [1.29, 1.82) is 0 Å². The first-order valence-electron chi connectivity index (χ1n) is 4.33. The molecular weight excluding hydrogens is 167 g/mol. The summed E-state index contributed by atoms with van der Waals surface area (Å²) >= 11 is 0. The van der Waals surface area contributed by atoms with Crippen molar-refractivity contribution in [2.45, 2.75) is 13.3 Å². The van der Waals surface area contributed by atoms with Crippen LogP contribution in [-0.4, -0.2) is 12.3 Å². The summed E-state index contributed by atoms with van der Waals surface area (Å²) in [6.07, 6.45) is 0.997. The highest BCUT2D eigenvalue weighted by molar-refractivity contribution is 5.85. The Morgan fingerprint density at radius 1 is 1.31 bits per heavy atom. The molecule has 0 fully saturated rings. The molecule has 3 heteroatoms. The fourth-order valence-electron chi connectivity index (χ4n) is 1.37. The monoisotopic (exact) mass is 178 g/mol. The molecule has 0 unspecified atom stereocenters. The summed E-state index contributed by atoms with van der Waals surface area (Å²) in [5.41, 5.74) is 2.09. The first-order valence-corrected chi connectivity index (χ1v) is 4.33. The predicted octanol–water partition coefficient (Wildman–Crippen LogP) is 2.41. The molecule has 0 atom stereocenters. The largest absolute Gasteiger partial charge is 0.265 e. The number of hydrogen-bond acceptors (Lipinski definition) is 2. The lowest BCUT2D eigenvalue weighted by atomic mass is 10.3. The van der Waals surface area contributed by atoms with Crippen LogP contribution in [0, 0.1) is 5.82 Å². The number of halogens is 1. The Morgan fingerprint density at radius 2 is 2.00 bits per heavy atom. The molecule has 0 spiro atoms. The van der Waals surface area contributed by atoms with Crippen LogP contribution in [0.4, 0.5) is 10.1 Å². The van der Waals surface area contributed by atoms with Crippen LogP contribution in [0.2, 0.25) is 0 Å². The zero-order chi connectivity index (χ0) is 9.26. The average molecular weight is 178 g/mol. The molecule has 1 aromatic carbocycles. The third-order valence-corrected chi connectivity index (χ3v) is 2.10. The summed E-state index contributed by atoms with van der Waals surface area (Å²) in [7, 11) is 0. The van der Waals surface area contributed by atoms with Gasteiger partial charge in [0, 0.05) is 18.7 Å². The van der Waals surface area contributed by atoms with E-state index in [2.05, 4.69) is 5.10 Å². The van der Waals surface area contributed by atoms with E-state index >= 15 is 0 Å². The van der Waals surface area contributed by atoms with Gasteiger partial charge in [-0.15, -0.1) is 0 Å². The SMILES string of the molecule is CC1=NN(c2ccc(F)cc2)CC1. The van der Waals surface area contributed by atoms with Gasteiger partial charge < -0.3 is 0 Å². The lowest BCUT2D eigenvalue weighted by Crippen LogP contribution is -2.11. The minimum Gasteiger partial charge on any atom is -0.265 e. The molecule has 2 rings (SSSR count). The number of hydrazone groups is 1. The maximum absolute atomic E-state index is 12.6. The first-order chi connectivity index (χ1) is 6.25. The van der Waals surface area contributed by atoms with Crippen molar-refractivity contribution in [3.8, 4) is 0 Å². The van der Waals surface area contributed by atoms with Crippen molar-refractivity contribution < 1.29 is 4.39 Å². The van der Waals surface area contributed by atoms with Crippen LogP contribution in [0.3, 0.4) is 0 Å². The second-order valence-corrected chi connectivity index (χ2v) is 3.18. The van der Waals surface area contributed by atoms with E-state index in [9.17, 15) is 4.39 Å². The molecule has 0 N–H and O–H groups in total. The van der Waals surface area contributed by atoms with Gasteiger partial charge in [-0.1, -0.05) is 0 Å². The molecule has 2 nitrogen and oxygen atoms in total. The molecule has 13 heavy (non-hydrogen) atoms. The molecule has 0 radical (unpaired) electrons. The lowest BCUT2D eigenvalue weighted by molar-refractivity contribution is 0.627. The number of hydrogen-bond donors (Lipinski definition) is 0. The summed E-state index contributed by atoms with van der Waals surface area (Å²) in [6.45, 7) is 2.90. The molecule has 0 saturated carbocycles. The maximum atomic E-state index is 12.6. The van der Waals surface area contributed by atoms with Gasteiger partial charge in [0.05, 0.1) is 5.69 Å². The van der Waals surface area contributed by atoms with E-state index in [0.717, 1.165) is 24.4 Å². The van der Waals surface area contributed by atoms with E-state index in [1.54, 1.807) is 12.1 Å². The Hall–Kier alpha value is -1.38. The van der Waals surface area contributed by atoms with Crippen LogP contribution in [0.15, 0.2) is 29.4 Å². The molecule has 0 saturated heterocycles. The summed E-state index contributed by atoms with van der Waals surface area (Å²) in [6, 6.07) is 6.41. The van der Waals surface area contributed by atoms with Crippen LogP contribution >= 0.6 is 0 Å². The predicted molar refractivity (Wildman–Crippen MR) is 51.5 cm³/mol. The summed E-state index contributed by atoms with van der Waals surface area (Å²) in [5, 5.41) is 6.21. The molecule has 1 aromatic rings. The summed E-state index contributed by atoms with van der Waals surface area (Å²) < 4.78 is 12.6. The van der Waals surface area contributed by atoms with Gasteiger partial charge in [0.15, 0.2) is 0 Å². The van der Waals surface area contributed by atoms with Crippen molar-refractivity contribution >= 4 is 11.4 Å². The minimum absolute atomic E-state index is 0.205. The Labute approximate surface area is 76.7 Å².